The highest BCUT2D eigenvalue weighted by atomic mass is 14.2. The largest absolute Gasteiger partial charge is 0.0651 e. The molecule has 0 saturated carbocycles. The Bertz CT molecular complexity index is 114. The number of hydrogen-bond acceptors (Lipinski definition) is 0. The van der Waals surface area contributed by atoms with Gasteiger partial charge in [-0.1, -0.05) is 54.4 Å². The molecule has 0 spiro atoms. The SMILES string of the molecule is CCC(C)CC(CC(C)CC)C(C)C. The van der Waals surface area contributed by atoms with Gasteiger partial charge in [0.2, 0.25) is 0 Å². The monoisotopic (exact) mass is 198 g/mol. The van der Waals surface area contributed by atoms with E-state index in [1.54, 1.807) is 0 Å². The molecule has 0 aliphatic carbocycles. The molecule has 0 heterocycles. The van der Waals surface area contributed by atoms with E-state index in [0.717, 1.165) is 23.7 Å². The van der Waals surface area contributed by atoms with Crippen molar-refractivity contribution in [2.75, 3.05) is 0 Å². The lowest BCUT2D eigenvalue weighted by atomic mass is 9.80. The standard InChI is InChI=1S/C14H30/c1-7-12(5)9-14(11(3)4)10-13(6)8-2/h11-14H,7-10H2,1-6H3. The van der Waals surface area contributed by atoms with E-state index in [9.17, 15) is 0 Å². The molecule has 14 heavy (non-hydrogen) atoms. The molecule has 0 aromatic carbocycles. The van der Waals surface area contributed by atoms with Crippen LogP contribution < -0.4 is 0 Å². The van der Waals surface area contributed by atoms with Gasteiger partial charge in [-0.05, 0) is 36.5 Å². The summed E-state index contributed by atoms with van der Waals surface area (Å²) >= 11 is 0. The van der Waals surface area contributed by atoms with E-state index in [2.05, 4.69) is 41.5 Å². The summed E-state index contributed by atoms with van der Waals surface area (Å²) in [7, 11) is 0. The fourth-order valence-electron chi connectivity index (χ4n) is 2.01. The maximum Gasteiger partial charge on any atom is -0.0386 e. The molecule has 0 aliphatic rings. The van der Waals surface area contributed by atoms with Gasteiger partial charge in [0.1, 0.15) is 0 Å². The van der Waals surface area contributed by atoms with E-state index in [4.69, 9.17) is 0 Å². The highest BCUT2D eigenvalue weighted by molar-refractivity contribution is 4.69. The van der Waals surface area contributed by atoms with Gasteiger partial charge in [0.25, 0.3) is 0 Å². The molecule has 0 bridgehead atoms. The Morgan fingerprint density at radius 2 is 1.07 bits per heavy atom. The van der Waals surface area contributed by atoms with E-state index in [1.807, 2.05) is 0 Å². The molecule has 0 heteroatoms. The van der Waals surface area contributed by atoms with Crippen LogP contribution in [-0.2, 0) is 0 Å². The maximum absolute atomic E-state index is 2.39. The van der Waals surface area contributed by atoms with Gasteiger partial charge in [-0.2, -0.15) is 0 Å². The average molecular weight is 198 g/mol. The third-order valence-corrected chi connectivity index (χ3v) is 3.75. The average Bonchev–Trinajstić information content (AvgIpc) is 2.16. The molecule has 2 unspecified atom stereocenters. The second-order valence-corrected chi connectivity index (χ2v) is 5.50. The van der Waals surface area contributed by atoms with Crippen LogP contribution in [0.2, 0.25) is 0 Å². The van der Waals surface area contributed by atoms with E-state index < -0.39 is 0 Å². The molecule has 0 fully saturated rings. The molecule has 0 N–H and O–H groups in total. The van der Waals surface area contributed by atoms with Crippen molar-refractivity contribution in [3.63, 3.8) is 0 Å². The summed E-state index contributed by atoms with van der Waals surface area (Å²) in [5.41, 5.74) is 0. The molecule has 0 aliphatic heterocycles. The Kier molecular flexibility index (Phi) is 7.31. The highest BCUT2D eigenvalue weighted by Crippen LogP contribution is 2.29. The minimum absolute atomic E-state index is 0.859. The summed E-state index contributed by atoms with van der Waals surface area (Å²) in [6, 6.07) is 0. The summed E-state index contributed by atoms with van der Waals surface area (Å²) in [6.45, 7) is 14.2. The fraction of sp³-hybridized carbons (Fsp3) is 1.00. The van der Waals surface area contributed by atoms with Crippen molar-refractivity contribution in [1.29, 1.82) is 0 Å². The zero-order valence-electron chi connectivity index (χ0n) is 11.1. The Hall–Kier alpha value is 0. The predicted molar refractivity (Wildman–Crippen MR) is 66.5 cm³/mol. The van der Waals surface area contributed by atoms with E-state index in [0.29, 0.717) is 0 Å². The summed E-state index contributed by atoms with van der Waals surface area (Å²) < 4.78 is 0. The fourth-order valence-corrected chi connectivity index (χ4v) is 2.01. The molecule has 0 nitrogen and oxygen atoms in total. The first-order chi connectivity index (χ1) is 6.51. The first kappa shape index (κ1) is 14.0. The lowest BCUT2D eigenvalue weighted by Gasteiger charge is -2.26. The molecule has 2 atom stereocenters. The van der Waals surface area contributed by atoms with Crippen LogP contribution in [0.15, 0.2) is 0 Å². The molecule has 0 saturated heterocycles. The topological polar surface area (TPSA) is 0 Å². The van der Waals surface area contributed by atoms with E-state index in [1.165, 1.54) is 25.7 Å². The van der Waals surface area contributed by atoms with Crippen LogP contribution in [0.3, 0.4) is 0 Å². The zero-order chi connectivity index (χ0) is 11.1. The third kappa shape index (κ3) is 5.67. The molecule has 0 aromatic heterocycles. The number of hydrogen-bond donors (Lipinski definition) is 0. The Morgan fingerprint density at radius 3 is 1.29 bits per heavy atom. The summed E-state index contributed by atoms with van der Waals surface area (Å²) in [5.74, 6) is 3.62. The predicted octanol–water partition coefficient (Wildman–Crippen LogP) is 5.13. The minimum Gasteiger partial charge on any atom is -0.0651 e. The molecular formula is C14H30. The molecule has 86 valence electrons. The van der Waals surface area contributed by atoms with Gasteiger partial charge < -0.3 is 0 Å². The van der Waals surface area contributed by atoms with Crippen molar-refractivity contribution in [3.8, 4) is 0 Å². The smallest absolute Gasteiger partial charge is 0.0386 e. The second kappa shape index (κ2) is 7.31. The highest BCUT2D eigenvalue weighted by Gasteiger charge is 2.18. The first-order valence-corrected chi connectivity index (χ1v) is 6.51. The van der Waals surface area contributed by atoms with Crippen molar-refractivity contribution in [2.45, 2.75) is 67.2 Å². The normalized spacial score (nSPS) is 18.2. The molecule has 0 rings (SSSR count). The quantitative estimate of drug-likeness (QED) is 0.532. The van der Waals surface area contributed by atoms with Gasteiger partial charge in [-0.15, -0.1) is 0 Å². The lowest BCUT2D eigenvalue weighted by Crippen LogP contribution is -2.15. The van der Waals surface area contributed by atoms with Gasteiger partial charge in [-0.3, -0.25) is 0 Å². The first-order valence-electron chi connectivity index (χ1n) is 6.51. The summed E-state index contributed by atoms with van der Waals surface area (Å²) in [6.07, 6.45) is 5.53. The van der Waals surface area contributed by atoms with Crippen molar-refractivity contribution in [1.82, 2.24) is 0 Å². The van der Waals surface area contributed by atoms with Gasteiger partial charge in [0, 0.05) is 0 Å². The Morgan fingerprint density at radius 1 is 0.714 bits per heavy atom. The van der Waals surface area contributed by atoms with E-state index >= 15 is 0 Å². The van der Waals surface area contributed by atoms with Crippen LogP contribution in [0.1, 0.15) is 67.2 Å². The summed E-state index contributed by atoms with van der Waals surface area (Å²) in [4.78, 5) is 0. The van der Waals surface area contributed by atoms with Crippen molar-refractivity contribution >= 4 is 0 Å². The van der Waals surface area contributed by atoms with Crippen LogP contribution >= 0.6 is 0 Å². The zero-order valence-corrected chi connectivity index (χ0v) is 11.1. The molecule has 0 amide bonds. The van der Waals surface area contributed by atoms with Crippen LogP contribution in [0.5, 0.6) is 0 Å². The summed E-state index contributed by atoms with van der Waals surface area (Å²) in [5, 5.41) is 0. The molecule has 0 radical (unpaired) electrons. The van der Waals surface area contributed by atoms with Crippen molar-refractivity contribution in [2.24, 2.45) is 23.7 Å². The third-order valence-electron chi connectivity index (χ3n) is 3.75. The van der Waals surface area contributed by atoms with Crippen LogP contribution in [-0.4, -0.2) is 0 Å². The van der Waals surface area contributed by atoms with Crippen LogP contribution in [0.25, 0.3) is 0 Å². The molecule has 0 aromatic rings. The van der Waals surface area contributed by atoms with Crippen molar-refractivity contribution in [3.05, 3.63) is 0 Å². The van der Waals surface area contributed by atoms with Crippen molar-refractivity contribution < 1.29 is 0 Å². The van der Waals surface area contributed by atoms with Crippen LogP contribution in [0, 0.1) is 23.7 Å². The van der Waals surface area contributed by atoms with Crippen LogP contribution in [0.4, 0.5) is 0 Å². The lowest BCUT2D eigenvalue weighted by molar-refractivity contribution is 0.249. The second-order valence-electron chi connectivity index (χ2n) is 5.50. The Labute approximate surface area is 91.5 Å². The maximum atomic E-state index is 2.39. The van der Waals surface area contributed by atoms with Gasteiger partial charge in [0.15, 0.2) is 0 Å². The number of rotatable bonds is 7. The van der Waals surface area contributed by atoms with Gasteiger partial charge >= 0.3 is 0 Å². The van der Waals surface area contributed by atoms with Gasteiger partial charge in [-0.25, -0.2) is 0 Å². The van der Waals surface area contributed by atoms with E-state index in [-0.39, 0.29) is 0 Å². The molecular weight excluding hydrogens is 168 g/mol. The minimum atomic E-state index is 0.859. The van der Waals surface area contributed by atoms with Gasteiger partial charge in [0.05, 0.1) is 0 Å². The Balaban J connectivity index is 4.02.